The molecule has 0 aliphatic heterocycles. The Kier molecular flexibility index (Phi) is 4.69. The van der Waals surface area contributed by atoms with Gasteiger partial charge in [0.1, 0.15) is 0 Å². The highest BCUT2D eigenvalue weighted by Gasteiger charge is 2.34. The van der Waals surface area contributed by atoms with Gasteiger partial charge in [0.25, 0.3) is 3.79 Å². The number of hydrogen-bond donors (Lipinski definition) is 0. The van der Waals surface area contributed by atoms with E-state index in [0.29, 0.717) is 5.56 Å². The molecule has 1 aromatic heterocycles. The second-order valence-electron chi connectivity index (χ2n) is 3.59. The average molecular weight is 326 g/mol. The molecule has 0 fully saturated rings. The van der Waals surface area contributed by atoms with Crippen molar-refractivity contribution in [2.45, 2.75) is 16.0 Å². The second-order valence-corrected chi connectivity index (χ2v) is 8.48. The molecule has 4 nitrogen and oxygen atoms in total. The van der Waals surface area contributed by atoms with Crippen LogP contribution in [0, 0.1) is 17.7 Å². The van der Waals surface area contributed by atoms with Crippen LogP contribution in [0.3, 0.4) is 0 Å². The molecule has 2 atom stereocenters. The average Bonchev–Trinajstić information content (AvgIpc) is 2.27. The molecule has 96 valence electrons. The highest BCUT2D eigenvalue weighted by molar-refractivity contribution is 7.93. The normalized spacial score (nSPS) is 16.0. The van der Waals surface area contributed by atoms with Crippen molar-refractivity contribution < 1.29 is 9.19 Å². The van der Waals surface area contributed by atoms with Crippen LogP contribution in [0.5, 0.6) is 0 Å². The summed E-state index contributed by atoms with van der Waals surface area (Å²) in [6, 6.07) is 3.11. The molecular formula is C10H9Cl3N3OS+. The zero-order chi connectivity index (χ0) is 14.0. The van der Waals surface area contributed by atoms with E-state index in [2.05, 4.69) is 15.5 Å². The molecule has 0 aliphatic rings. The zero-order valence-electron chi connectivity index (χ0n) is 9.52. The molecule has 8 heteroatoms. The number of rotatable bonds is 2. The lowest BCUT2D eigenvalue weighted by molar-refractivity contribution is -0.308. The maximum atomic E-state index is 12.1. The predicted molar refractivity (Wildman–Crippen MR) is 70.6 cm³/mol. The first-order chi connectivity index (χ1) is 8.18. The fourth-order valence-electron chi connectivity index (χ4n) is 1.15. The summed E-state index contributed by atoms with van der Waals surface area (Å²) in [6.45, 7) is 1.67. The van der Waals surface area contributed by atoms with Crippen LogP contribution in [0.4, 0.5) is 0 Å². The molecule has 18 heavy (non-hydrogen) atoms. The number of alkyl halides is 3. The van der Waals surface area contributed by atoms with E-state index in [1.54, 1.807) is 19.2 Å². The maximum absolute atomic E-state index is 12.1. The van der Waals surface area contributed by atoms with Crippen molar-refractivity contribution in [2.24, 2.45) is 4.36 Å². The Bertz CT molecular complexity index is 580. The highest BCUT2D eigenvalue weighted by atomic mass is 35.6. The van der Waals surface area contributed by atoms with Gasteiger partial charge in [-0.3, -0.25) is 0 Å². The maximum Gasteiger partial charge on any atom is 0.368 e. The minimum Gasteiger partial charge on any atom is -0.248 e. The van der Waals surface area contributed by atoms with E-state index < -0.39 is 18.8 Å². The second kappa shape index (κ2) is 5.50. The minimum absolute atomic E-state index is 0.225. The third-order valence-corrected chi connectivity index (χ3v) is 4.92. The molecule has 0 radical (unpaired) electrons. The third kappa shape index (κ3) is 3.63. The van der Waals surface area contributed by atoms with Crippen LogP contribution in [0.25, 0.3) is 0 Å². The lowest BCUT2D eigenvalue weighted by Crippen LogP contribution is -2.15. The quantitative estimate of drug-likeness (QED) is 0.620. The zero-order valence-corrected chi connectivity index (χ0v) is 12.6. The molecule has 0 aromatic carbocycles. The SMILES string of the molecule is CC(c1c#[n+]c(C(Cl)(Cl)Cl)cc1)S(C)(=O)=NC#N. The van der Waals surface area contributed by atoms with Gasteiger partial charge in [0.05, 0.1) is 20.5 Å². The van der Waals surface area contributed by atoms with Crippen LogP contribution in [0.1, 0.15) is 23.4 Å². The van der Waals surface area contributed by atoms with Gasteiger partial charge in [0.15, 0.2) is 0 Å². The smallest absolute Gasteiger partial charge is 0.248 e. The van der Waals surface area contributed by atoms with Crippen LogP contribution >= 0.6 is 34.8 Å². The van der Waals surface area contributed by atoms with Crippen LogP contribution in [0.15, 0.2) is 16.5 Å². The third-order valence-electron chi connectivity index (χ3n) is 2.33. The Balaban J connectivity index is 3.12. The van der Waals surface area contributed by atoms with Crippen LogP contribution < -0.4 is 4.98 Å². The van der Waals surface area contributed by atoms with Crippen molar-refractivity contribution in [3.8, 4) is 6.19 Å². The lowest BCUT2D eigenvalue weighted by atomic mass is 10.2. The Morgan fingerprint density at radius 3 is 2.56 bits per heavy atom. The summed E-state index contributed by atoms with van der Waals surface area (Å²) in [5, 5.41) is 7.98. The van der Waals surface area contributed by atoms with Gasteiger partial charge in [0.2, 0.25) is 6.19 Å². The van der Waals surface area contributed by atoms with Crippen molar-refractivity contribution in [1.29, 1.82) is 5.26 Å². The summed E-state index contributed by atoms with van der Waals surface area (Å²) in [6.07, 6.45) is 5.60. The standard InChI is InChI=1S/C10H9Cl3N3OS/c1-7(18(2,17)16-6-14)8-3-4-9(15-5-8)10(11,12)13/h3-4,7H,1-2H3/q+1. The molecule has 1 aromatic rings. The van der Waals surface area contributed by atoms with Gasteiger partial charge < -0.3 is 0 Å². The Morgan fingerprint density at radius 2 is 2.17 bits per heavy atom. The molecule has 2 unspecified atom stereocenters. The van der Waals surface area contributed by atoms with Crippen molar-refractivity contribution in [1.82, 2.24) is 0 Å². The predicted octanol–water partition coefficient (Wildman–Crippen LogP) is 2.55. The van der Waals surface area contributed by atoms with E-state index >= 15 is 0 Å². The summed E-state index contributed by atoms with van der Waals surface area (Å²) in [5.74, 6) is 0. The fourth-order valence-corrected chi connectivity index (χ4v) is 2.39. The summed E-state index contributed by atoms with van der Waals surface area (Å²) in [5.41, 5.74) is 0.766. The van der Waals surface area contributed by atoms with Crippen LogP contribution in [-0.2, 0) is 13.5 Å². The number of nitrogens with zero attached hydrogens (tertiary/aromatic N) is 3. The number of aromatic nitrogens is 1. The van der Waals surface area contributed by atoms with E-state index in [1.807, 2.05) is 0 Å². The van der Waals surface area contributed by atoms with E-state index in [0.717, 1.165) is 0 Å². The molecular weight excluding hydrogens is 317 g/mol. The van der Waals surface area contributed by atoms with Crippen LogP contribution in [-0.4, -0.2) is 10.5 Å². The number of hydrogen-bond acceptors (Lipinski definition) is 3. The molecule has 0 saturated heterocycles. The molecule has 0 N–H and O–H groups in total. The topological polar surface area (TPSA) is 67.3 Å². The summed E-state index contributed by atoms with van der Waals surface area (Å²) in [4.78, 5) is 3.87. The van der Waals surface area contributed by atoms with Gasteiger partial charge in [-0.05, 0) is 18.0 Å². The number of halogens is 3. The van der Waals surface area contributed by atoms with Crippen LogP contribution in [0.2, 0.25) is 0 Å². The van der Waals surface area contributed by atoms with Crippen molar-refractivity contribution in [3.63, 3.8) is 0 Å². The van der Waals surface area contributed by atoms with Gasteiger partial charge in [-0.2, -0.15) is 5.26 Å². The molecule has 0 amide bonds. The molecule has 0 aliphatic carbocycles. The summed E-state index contributed by atoms with van der Waals surface area (Å²) in [7, 11) is -2.67. The first kappa shape index (κ1) is 15.3. The van der Waals surface area contributed by atoms with Gasteiger partial charge in [-0.25, -0.2) is 4.21 Å². The molecule has 0 saturated carbocycles. The van der Waals surface area contributed by atoms with E-state index in [9.17, 15) is 4.21 Å². The first-order valence-corrected chi connectivity index (χ1v) is 7.85. The molecule has 1 heterocycles. The summed E-state index contributed by atoms with van der Waals surface area (Å²) >= 11 is 17.0. The summed E-state index contributed by atoms with van der Waals surface area (Å²) < 4.78 is 13.8. The van der Waals surface area contributed by atoms with Gasteiger partial charge >= 0.3 is 11.9 Å². The van der Waals surface area contributed by atoms with Crippen molar-refractivity contribution in [2.75, 3.05) is 6.26 Å². The molecule has 0 spiro atoms. The van der Waals surface area contributed by atoms with Crippen molar-refractivity contribution in [3.05, 3.63) is 29.6 Å². The van der Waals surface area contributed by atoms with E-state index in [4.69, 9.17) is 40.1 Å². The first-order valence-electron chi connectivity index (χ1n) is 4.73. The van der Waals surface area contributed by atoms with E-state index in [-0.39, 0.29) is 5.69 Å². The number of nitriles is 1. The Morgan fingerprint density at radius 1 is 1.56 bits per heavy atom. The lowest BCUT2D eigenvalue weighted by Gasteiger charge is -2.08. The monoisotopic (exact) mass is 324 g/mol. The minimum atomic E-state index is -2.67. The van der Waals surface area contributed by atoms with E-state index in [1.165, 1.54) is 12.3 Å². The van der Waals surface area contributed by atoms with Gasteiger partial charge in [0, 0.05) is 12.3 Å². The largest absolute Gasteiger partial charge is 0.368 e. The molecule has 1 rings (SSSR count). The molecule has 0 bridgehead atoms. The van der Waals surface area contributed by atoms with Crippen molar-refractivity contribution >= 4 is 44.5 Å². The Labute approximate surface area is 121 Å². The highest BCUT2D eigenvalue weighted by Crippen LogP contribution is 2.35. The fraction of sp³-hybridized carbons (Fsp3) is 0.400. The Hall–Kier alpha value is -0.720. The van der Waals surface area contributed by atoms with Gasteiger partial charge in [-0.1, -0.05) is 34.8 Å². The van der Waals surface area contributed by atoms with Gasteiger partial charge in [-0.15, -0.1) is 4.36 Å².